The van der Waals surface area contributed by atoms with Crippen molar-refractivity contribution in [3.63, 3.8) is 0 Å². The van der Waals surface area contributed by atoms with Crippen LogP contribution in [0, 0.1) is 0 Å². The minimum Gasteiger partial charge on any atom is -0.683 e. The molecule has 1 atom stereocenters. The predicted molar refractivity (Wildman–Crippen MR) is 26.8 cm³/mol. The number of carbonyl (C=O) groups is 1. The SMILES string of the molecule is O=C(O)CC[PH2+][O-]. The maximum Gasteiger partial charge on any atom is 0.307 e. The molecule has 0 aromatic heterocycles. The van der Waals surface area contributed by atoms with Gasteiger partial charge in [-0.05, 0) is 0 Å². The van der Waals surface area contributed by atoms with Gasteiger partial charge in [0.1, 0.15) is 0 Å². The lowest BCUT2D eigenvalue weighted by atomic mass is 10.5. The summed E-state index contributed by atoms with van der Waals surface area (Å²) in [4.78, 5) is 19.3. The van der Waals surface area contributed by atoms with Crippen molar-refractivity contribution >= 4 is 14.8 Å². The number of carboxylic acids is 1. The largest absolute Gasteiger partial charge is 0.683 e. The molecule has 1 unspecified atom stereocenters. The van der Waals surface area contributed by atoms with Gasteiger partial charge in [0.2, 0.25) is 0 Å². The van der Waals surface area contributed by atoms with Gasteiger partial charge >= 0.3 is 5.97 Å². The third-order valence-corrected chi connectivity index (χ3v) is 1.00. The minimum absolute atomic E-state index is 0.0405. The summed E-state index contributed by atoms with van der Waals surface area (Å²) in [5.41, 5.74) is 0. The molecule has 0 aliphatic carbocycles. The number of hydrogen-bond donors (Lipinski definition) is 1. The van der Waals surface area contributed by atoms with Crippen molar-refractivity contribution in [1.29, 1.82) is 0 Å². The van der Waals surface area contributed by atoms with Crippen molar-refractivity contribution in [1.82, 2.24) is 0 Å². The van der Waals surface area contributed by atoms with Crippen LogP contribution in [0.25, 0.3) is 0 Å². The summed E-state index contributed by atoms with van der Waals surface area (Å²) < 4.78 is 0. The van der Waals surface area contributed by atoms with Gasteiger partial charge in [0, 0.05) is 0 Å². The number of rotatable bonds is 3. The zero-order valence-corrected chi connectivity index (χ0v) is 4.91. The summed E-state index contributed by atoms with van der Waals surface area (Å²) in [5, 5.41) is 7.92. The van der Waals surface area contributed by atoms with E-state index in [9.17, 15) is 9.69 Å². The van der Waals surface area contributed by atoms with Crippen LogP contribution in [-0.4, -0.2) is 17.2 Å². The molecule has 4 heteroatoms. The van der Waals surface area contributed by atoms with Crippen LogP contribution < -0.4 is 4.89 Å². The standard InChI is InChI=1S/C3H7O3P/c4-3(5)1-2-7-6/h1-2,7H2,(H,4,5). The van der Waals surface area contributed by atoms with E-state index in [1.54, 1.807) is 0 Å². The zero-order chi connectivity index (χ0) is 5.70. The quantitative estimate of drug-likeness (QED) is 0.496. The second kappa shape index (κ2) is 4.03. The van der Waals surface area contributed by atoms with Gasteiger partial charge in [-0.3, -0.25) is 4.79 Å². The Morgan fingerprint density at radius 2 is 2.43 bits per heavy atom. The molecule has 0 saturated carbocycles. The highest BCUT2D eigenvalue weighted by Crippen LogP contribution is 1.95. The molecule has 42 valence electrons. The van der Waals surface area contributed by atoms with Crippen molar-refractivity contribution in [2.45, 2.75) is 6.42 Å². The van der Waals surface area contributed by atoms with E-state index in [4.69, 9.17) is 5.11 Å². The molecular formula is C3H7O3P. The first-order valence-corrected chi connectivity index (χ1v) is 3.21. The van der Waals surface area contributed by atoms with Gasteiger partial charge in [0.05, 0.1) is 12.6 Å². The monoisotopic (exact) mass is 122 g/mol. The lowest BCUT2D eigenvalue weighted by Crippen LogP contribution is -1.97. The summed E-state index contributed by atoms with van der Waals surface area (Å²) >= 11 is 0. The molecule has 0 saturated heterocycles. The van der Waals surface area contributed by atoms with E-state index < -0.39 is 14.8 Å². The Labute approximate surface area is 43.2 Å². The Morgan fingerprint density at radius 3 is 2.57 bits per heavy atom. The summed E-state index contributed by atoms with van der Waals surface area (Å²) in [7, 11) is -0.870. The third kappa shape index (κ3) is 5.86. The van der Waals surface area contributed by atoms with Crippen LogP contribution in [0.2, 0.25) is 0 Å². The molecule has 0 fully saturated rings. The fourth-order valence-corrected chi connectivity index (χ4v) is 0.547. The number of carboxylic acid groups (broad SMARTS) is 1. The molecule has 3 nitrogen and oxygen atoms in total. The Bertz CT molecular complexity index is 63.2. The minimum atomic E-state index is -0.872. The number of hydrogen-bond acceptors (Lipinski definition) is 2. The van der Waals surface area contributed by atoms with Gasteiger partial charge in [-0.2, -0.15) is 0 Å². The van der Waals surface area contributed by atoms with E-state index >= 15 is 0 Å². The molecule has 0 aromatic carbocycles. The summed E-state index contributed by atoms with van der Waals surface area (Å²) in [5.74, 6) is -0.872. The first kappa shape index (κ1) is 6.86. The van der Waals surface area contributed by atoms with E-state index in [-0.39, 0.29) is 6.42 Å². The Balaban J connectivity index is 2.82. The van der Waals surface area contributed by atoms with Crippen LogP contribution in [0.15, 0.2) is 0 Å². The first-order chi connectivity index (χ1) is 3.27. The second-order valence-corrected chi connectivity index (χ2v) is 2.01. The summed E-state index contributed by atoms with van der Waals surface area (Å²) in [6, 6.07) is 0. The van der Waals surface area contributed by atoms with E-state index in [1.807, 2.05) is 0 Å². The van der Waals surface area contributed by atoms with Crippen molar-refractivity contribution in [2.75, 3.05) is 6.16 Å². The molecule has 0 aromatic rings. The van der Waals surface area contributed by atoms with Crippen LogP contribution in [0.4, 0.5) is 0 Å². The third-order valence-electron chi connectivity index (χ3n) is 0.476. The smallest absolute Gasteiger partial charge is 0.307 e. The maximum atomic E-state index is 9.65. The van der Waals surface area contributed by atoms with Crippen molar-refractivity contribution in [2.24, 2.45) is 0 Å². The topological polar surface area (TPSA) is 60.4 Å². The van der Waals surface area contributed by atoms with Crippen LogP contribution in [0.5, 0.6) is 0 Å². The molecule has 0 spiro atoms. The lowest BCUT2D eigenvalue weighted by molar-refractivity contribution is -0.151. The van der Waals surface area contributed by atoms with Crippen LogP contribution in [0.3, 0.4) is 0 Å². The molecule has 0 aliphatic rings. The van der Waals surface area contributed by atoms with Gasteiger partial charge in [-0.25, -0.2) is 0 Å². The average Bonchev–Trinajstić information content (AvgIpc) is 1.61. The summed E-state index contributed by atoms with van der Waals surface area (Å²) in [6.45, 7) is 0. The molecule has 0 radical (unpaired) electrons. The second-order valence-electron chi connectivity index (χ2n) is 1.10. The summed E-state index contributed by atoms with van der Waals surface area (Å²) in [6.07, 6.45) is 0.369. The van der Waals surface area contributed by atoms with Gasteiger partial charge in [0.25, 0.3) is 0 Å². The molecule has 1 N–H and O–H groups in total. The molecule has 0 rings (SSSR count). The molecule has 0 bridgehead atoms. The average molecular weight is 122 g/mol. The fourth-order valence-electron chi connectivity index (χ4n) is 0.182. The highest BCUT2D eigenvalue weighted by atomic mass is 31.1. The van der Waals surface area contributed by atoms with Gasteiger partial charge < -0.3 is 10.00 Å². The first-order valence-electron chi connectivity index (χ1n) is 1.93. The van der Waals surface area contributed by atoms with E-state index in [1.165, 1.54) is 0 Å². The molecule has 7 heavy (non-hydrogen) atoms. The van der Waals surface area contributed by atoms with Crippen LogP contribution >= 0.6 is 8.81 Å². The van der Waals surface area contributed by atoms with Gasteiger partial charge in [-0.1, -0.05) is 8.81 Å². The molecule has 0 amide bonds. The highest BCUT2D eigenvalue weighted by Gasteiger charge is 1.92. The number of aliphatic carboxylic acids is 1. The predicted octanol–water partition coefficient (Wildman–Crippen LogP) is -0.853. The van der Waals surface area contributed by atoms with E-state index in [0.717, 1.165) is 0 Å². The molecule has 0 heterocycles. The van der Waals surface area contributed by atoms with E-state index in [2.05, 4.69) is 0 Å². The van der Waals surface area contributed by atoms with Crippen LogP contribution in [-0.2, 0) is 4.79 Å². The highest BCUT2D eigenvalue weighted by molar-refractivity contribution is 7.29. The Morgan fingerprint density at radius 1 is 1.86 bits per heavy atom. The van der Waals surface area contributed by atoms with Crippen molar-refractivity contribution in [3.8, 4) is 0 Å². The Hall–Kier alpha value is -0.140. The molecule has 0 aliphatic heterocycles. The van der Waals surface area contributed by atoms with Gasteiger partial charge in [0.15, 0.2) is 0 Å². The Kier molecular flexibility index (Phi) is 3.95. The fraction of sp³-hybridized carbons (Fsp3) is 0.667. The lowest BCUT2D eigenvalue weighted by Gasteiger charge is -1.88. The van der Waals surface area contributed by atoms with E-state index in [0.29, 0.717) is 6.16 Å². The van der Waals surface area contributed by atoms with Gasteiger partial charge in [-0.15, -0.1) is 0 Å². The zero-order valence-electron chi connectivity index (χ0n) is 3.76. The van der Waals surface area contributed by atoms with Crippen LogP contribution in [0.1, 0.15) is 6.42 Å². The van der Waals surface area contributed by atoms with Crippen molar-refractivity contribution in [3.05, 3.63) is 0 Å². The molecular weight excluding hydrogens is 115 g/mol. The van der Waals surface area contributed by atoms with Crippen molar-refractivity contribution < 1.29 is 14.8 Å². The normalized spacial score (nSPS) is 10.4. The maximum absolute atomic E-state index is 9.65.